The largest absolute Gasteiger partial charge is 0.383 e. The van der Waals surface area contributed by atoms with Crippen molar-refractivity contribution in [3.63, 3.8) is 0 Å². The highest BCUT2D eigenvalue weighted by atomic mass is 16.5. The van der Waals surface area contributed by atoms with Crippen LogP contribution in [0.25, 0.3) is 0 Å². The normalized spacial score (nSPS) is 14.4. The van der Waals surface area contributed by atoms with Crippen LogP contribution in [0.15, 0.2) is 6.20 Å². The number of ether oxygens (including phenoxy) is 1. The van der Waals surface area contributed by atoms with Crippen LogP contribution in [0.2, 0.25) is 0 Å². The minimum atomic E-state index is 0.278. The highest BCUT2D eigenvalue weighted by Crippen LogP contribution is 2.32. The summed E-state index contributed by atoms with van der Waals surface area (Å²) in [5, 5.41) is 11.8. The lowest BCUT2D eigenvalue weighted by atomic mass is 9.76. The van der Waals surface area contributed by atoms with Gasteiger partial charge in [0.05, 0.1) is 12.3 Å². The molecule has 0 saturated heterocycles. The number of nitrogens with zero attached hydrogens (tertiary/aromatic N) is 3. The van der Waals surface area contributed by atoms with Crippen LogP contribution in [-0.4, -0.2) is 41.8 Å². The first-order valence-corrected chi connectivity index (χ1v) is 7.70. The maximum Gasteiger partial charge on any atom is 0.0833 e. The quantitative estimate of drug-likeness (QED) is 0.632. The lowest BCUT2D eigenvalue weighted by Gasteiger charge is -2.32. The van der Waals surface area contributed by atoms with Gasteiger partial charge in [0.15, 0.2) is 0 Å². The molecule has 1 unspecified atom stereocenters. The van der Waals surface area contributed by atoms with Gasteiger partial charge in [-0.15, -0.1) is 5.10 Å². The van der Waals surface area contributed by atoms with Crippen LogP contribution in [0, 0.1) is 5.41 Å². The zero-order valence-corrected chi connectivity index (χ0v) is 13.5. The standard InChI is InChI=1S/C15H30N4O/c1-5-7-8-15(6-2,13-16-9-10-20-4)11-14-12-19(3)18-17-14/h12,16H,5-11,13H2,1-4H3. The highest BCUT2D eigenvalue weighted by molar-refractivity contribution is 4.99. The third-order valence-corrected chi connectivity index (χ3v) is 4.00. The van der Waals surface area contributed by atoms with Crippen molar-refractivity contribution in [2.75, 3.05) is 26.8 Å². The molecule has 116 valence electrons. The lowest BCUT2D eigenvalue weighted by Crippen LogP contribution is -2.37. The highest BCUT2D eigenvalue weighted by Gasteiger charge is 2.28. The Hall–Kier alpha value is -0.940. The number of aryl methyl sites for hydroxylation is 1. The molecule has 0 aliphatic rings. The summed E-state index contributed by atoms with van der Waals surface area (Å²) in [5.74, 6) is 0. The molecule has 1 aromatic rings. The van der Waals surface area contributed by atoms with Gasteiger partial charge in [-0.2, -0.15) is 0 Å². The van der Waals surface area contributed by atoms with Crippen LogP contribution >= 0.6 is 0 Å². The Morgan fingerprint density at radius 1 is 1.40 bits per heavy atom. The van der Waals surface area contributed by atoms with Crippen LogP contribution in [0.5, 0.6) is 0 Å². The smallest absolute Gasteiger partial charge is 0.0833 e. The van der Waals surface area contributed by atoms with E-state index >= 15 is 0 Å². The van der Waals surface area contributed by atoms with Crippen molar-refractivity contribution in [2.24, 2.45) is 12.5 Å². The van der Waals surface area contributed by atoms with Gasteiger partial charge in [0.2, 0.25) is 0 Å². The SMILES string of the molecule is CCCCC(CC)(CNCCOC)Cc1cn(C)nn1. The Morgan fingerprint density at radius 3 is 2.75 bits per heavy atom. The summed E-state index contributed by atoms with van der Waals surface area (Å²) in [6.07, 6.45) is 7.92. The van der Waals surface area contributed by atoms with Gasteiger partial charge in [-0.3, -0.25) is 4.68 Å². The number of methoxy groups -OCH3 is 1. The number of aromatic nitrogens is 3. The van der Waals surface area contributed by atoms with Gasteiger partial charge >= 0.3 is 0 Å². The summed E-state index contributed by atoms with van der Waals surface area (Å²) in [5.41, 5.74) is 1.37. The van der Waals surface area contributed by atoms with Gasteiger partial charge in [0, 0.05) is 33.4 Å². The predicted octanol–water partition coefficient (Wildman–Crippen LogP) is 2.18. The Balaban J connectivity index is 2.64. The second-order valence-electron chi connectivity index (χ2n) is 5.69. The van der Waals surface area contributed by atoms with Gasteiger partial charge in [-0.25, -0.2) is 0 Å². The summed E-state index contributed by atoms with van der Waals surface area (Å²) in [6.45, 7) is 7.22. The van der Waals surface area contributed by atoms with Crippen molar-refractivity contribution in [3.8, 4) is 0 Å². The fraction of sp³-hybridized carbons (Fsp3) is 0.867. The maximum atomic E-state index is 5.10. The molecule has 0 radical (unpaired) electrons. The van der Waals surface area contributed by atoms with Crippen LogP contribution in [0.3, 0.4) is 0 Å². The summed E-state index contributed by atoms with van der Waals surface area (Å²) < 4.78 is 6.89. The molecule has 1 rings (SSSR count). The molecule has 0 aromatic carbocycles. The first-order chi connectivity index (χ1) is 9.65. The molecule has 1 N–H and O–H groups in total. The van der Waals surface area contributed by atoms with Gasteiger partial charge < -0.3 is 10.1 Å². The predicted molar refractivity (Wildman–Crippen MR) is 81.7 cm³/mol. The monoisotopic (exact) mass is 282 g/mol. The maximum absolute atomic E-state index is 5.10. The molecule has 5 nitrogen and oxygen atoms in total. The van der Waals surface area contributed by atoms with Crippen molar-refractivity contribution >= 4 is 0 Å². The Morgan fingerprint density at radius 2 is 2.20 bits per heavy atom. The molecule has 1 aromatic heterocycles. The van der Waals surface area contributed by atoms with Crippen LogP contribution in [0.4, 0.5) is 0 Å². The number of rotatable bonds is 11. The van der Waals surface area contributed by atoms with E-state index in [1.54, 1.807) is 11.8 Å². The van der Waals surface area contributed by atoms with Crippen LogP contribution in [0.1, 0.15) is 45.2 Å². The molecule has 1 heterocycles. The van der Waals surface area contributed by atoms with Crippen molar-refractivity contribution < 1.29 is 4.74 Å². The topological polar surface area (TPSA) is 52.0 Å². The zero-order chi connectivity index (χ0) is 14.8. The molecule has 0 aliphatic heterocycles. The molecule has 0 aliphatic carbocycles. The van der Waals surface area contributed by atoms with Crippen molar-refractivity contribution in [3.05, 3.63) is 11.9 Å². The van der Waals surface area contributed by atoms with Crippen LogP contribution in [-0.2, 0) is 18.2 Å². The number of hydrogen-bond donors (Lipinski definition) is 1. The molecule has 20 heavy (non-hydrogen) atoms. The minimum Gasteiger partial charge on any atom is -0.383 e. The number of unbranched alkanes of at least 4 members (excludes halogenated alkanes) is 1. The van der Waals surface area contributed by atoms with Gasteiger partial charge in [0.1, 0.15) is 0 Å². The van der Waals surface area contributed by atoms with Crippen molar-refractivity contribution in [1.29, 1.82) is 0 Å². The van der Waals surface area contributed by atoms with E-state index in [0.717, 1.165) is 38.2 Å². The van der Waals surface area contributed by atoms with Crippen molar-refractivity contribution in [2.45, 2.75) is 46.0 Å². The second-order valence-corrected chi connectivity index (χ2v) is 5.69. The summed E-state index contributed by atoms with van der Waals surface area (Å²) in [6, 6.07) is 0. The van der Waals surface area contributed by atoms with Crippen LogP contribution < -0.4 is 5.32 Å². The third-order valence-electron chi connectivity index (χ3n) is 4.00. The van der Waals surface area contributed by atoms with E-state index in [1.165, 1.54) is 19.3 Å². The van der Waals surface area contributed by atoms with E-state index in [9.17, 15) is 0 Å². The van der Waals surface area contributed by atoms with E-state index < -0.39 is 0 Å². The molecule has 0 spiro atoms. The molecular weight excluding hydrogens is 252 g/mol. The average Bonchev–Trinajstić information content (AvgIpc) is 2.86. The van der Waals surface area contributed by atoms with Gasteiger partial charge in [-0.05, 0) is 24.7 Å². The fourth-order valence-corrected chi connectivity index (χ4v) is 2.61. The molecule has 0 amide bonds. The molecule has 1 atom stereocenters. The molecule has 0 fully saturated rings. The lowest BCUT2D eigenvalue weighted by molar-refractivity contribution is 0.181. The van der Waals surface area contributed by atoms with Gasteiger partial charge in [0.25, 0.3) is 0 Å². The fourth-order valence-electron chi connectivity index (χ4n) is 2.61. The second kappa shape index (κ2) is 9.08. The summed E-state index contributed by atoms with van der Waals surface area (Å²) in [7, 11) is 3.67. The number of nitrogens with one attached hydrogen (secondary N) is 1. The average molecular weight is 282 g/mol. The van der Waals surface area contributed by atoms with E-state index in [-0.39, 0.29) is 5.41 Å². The first-order valence-electron chi connectivity index (χ1n) is 7.70. The van der Waals surface area contributed by atoms with Crippen molar-refractivity contribution in [1.82, 2.24) is 20.3 Å². The number of hydrogen-bond acceptors (Lipinski definition) is 4. The Kier molecular flexibility index (Phi) is 7.77. The minimum absolute atomic E-state index is 0.278. The zero-order valence-electron chi connectivity index (χ0n) is 13.5. The van der Waals surface area contributed by atoms with E-state index in [4.69, 9.17) is 4.74 Å². The summed E-state index contributed by atoms with van der Waals surface area (Å²) in [4.78, 5) is 0. The van der Waals surface area contributed by atoms with E-state index in [1.807, 2.05) is 13.2 Å². The van der Waals surface area contributed by atoms with E-state index in [2.05, 4.69) is 29.5 Å². The Labute approximate surface area is 123 Å². The van der Waals surface area contributed by atoms with Gasteiger partial charge in [-0.1, -0.05) is 31.9 Å². The molecule has 0 saturated carbocycles. The molecule has 5 heteroatoms. The Bertz CT molecular complexity index is 367. The molecular formula is C15H30N4O. The third kappa shape index (κ3) is 5.59. The molecule has 0 bridgehead atoms. The van der Waals surface area contributed by atoms with E-state index in [0.29, 0.717) is 0 Å². The summed E-state index contributed by atoms with van der Waals surface area (Å²) >= 11 is 0. The first kappa shape index (κ1) is 17.1.